The molecular formula is C20H24N2O2. The van der Waals surface area contributed by atoms with Gasteiger partial charge in [-0.15, -0.1) is 0 Å². The standard InChI is InChI=1S/C20H24N2O2/c1-2-24-20(23)16-12-15-8-9-18(22-10-4-3-5-11-22)21-19(15)17(13-16)14-6-7-14/h8-9,12-14H,2-7,10-11H2,1H3. The second kappa shape index (κ2) is 6.42. The predicted molar refractivity (Wildman–Crippen MR) is 95.7 cm³/mol. The van der Waals surface area contributed by atoms with Gasteiger partial charge in [0, 0.05) is 18.5 Å². The van der Waals surface area contributed by atoms with Crippen LogP contribution in [0.5, 0.6) is 0 Å². The lowest BCUT2D eigenvalue weighted by Gasteiger charge is -2.28. The molecule has 0 spiro atoms. The maximum Gasteiger partial charge on any atom is 0.338 e. The molecule has 2 aliphatic rings. The molecule has 4 nitrogen and oxygen atoms in total. The van der Waals surface area contributed by atoms with Gasteiger partial charge in [0.2, 0.25) is 0 Å². The van der Waals surface area contributed by atoms with E-state index in [9.17, 15) is 4.79 Å². The number of benzene rings is 1. The van der Waals surface area contributed by atoms with Crippen molar-refractivity contribution in [3.05, 3.63) is 35.4 Å². The van der Waals surface area contributed by atoms with E-state index in [1.807, 2.05) is 19.1 Å². The molecule has 2 heterocycles. The number of hydrogen-bond donors (Lipinski definition) is 0. The fourth-order valence-corrected chi connectivity index (χ4v) is 3.59. The number of carbonyl (C=O) groups excluding carboxylic acids is 1. The Balaban J connectivity index is 1.76. The van der Waals surface area contributed by atoms with Gasteiger partial charge >= 0.3 is 5.97 Å². The van der Waals surface area contributed by atoms with Crippen LogP contribution in [-0.4, -0.2) is 30.6 Å². The van der Waals surface area contributed by atoms with E-state index in [1.54, 1.807) is 0 Å². The summed E-state index contributed by atoms with van der Waals surface area (Å²) < 4.78 is 5.18. The van der Waals surface area contributed by atoms with Crippen LogP contribution in [0.1, 0.15) is 60.9 Å². The largest absolute Gasteiger partial charge is 0.462 e. The highest BCUT2D eigenvalue weighted by atomic mass is 16.5. The van der Waals surface area contributed by atoms with Gasteiger partial charge in [0.1, 0.15) is 5.82 Å². The van der Waals surface area contributed by atoms with Gasteiger partial charge in [-0.3, -0.25) is 0 Å². The maximum atomic E-state index is 12.1. The Kier molecular flexibility index (Phi) is 4.13. The summed E-state index contributed by atoms with van der Waals surface area (Å²) in [6.45, 7) is 4.44. The van der Waals surface area contributed by atoms with Crippen molar-refractivity contribution in [2.75, 3.05) is 24.6 Å². The summed E-state index contributed by atoms with van der Waals surface area (Å²) in [7, 11) is 0. The number of pyridine rings is 1. The Bertz CT molecular complexity index is 762. The first-order valence-corrected chi connectivity index (χ1v) is 9.13. The first kappa shape index (κ1) is 15.4. The highest BCUT2D eigenvalue weighted by Crippen LogP contribution is 2.43. The molecule has 24 heavy (non-hydrogen) atoms. The molecule has 2 aromatic rings. The van der Waals surface area contributed by atoms with Crippen molar-refractivity contribution in [3.63, 3.8) is 0 Å². The second-order valence-electron chi connectivity index (χ2n) is 6.85. The minimum atomic E-state index is -0.235. The fraction of sp³-hybridized carbons (Fsp3) is 0.500. The molecule has 1 aromatic carbocycles. The third-order valence-electron chi connectivity index (χ3n) is 5.02. The normalized spacial score (nSPS) is 18.0. The summed E-state index contributed by atoms with van der Waals surface area (Å²) in [5, 5.41) is 1.04. The zero-order valence-electron chi connectivity index (χ0n) is 14.3. The van der Waals surface area contributed by atoms with E-state index in [4.69, 9.17) is 9.72 Å². The van der Waals surface area contributed by atoms with E-state index in [1.165, 1.54) is 37.7 Å². The SMILES string of the molecule is CCOC(=O)c1cc(C2CC2)c2nc(N3CCCCC3)ccc2c1. The zero-order valence-corrected chi connectivity index (χ0v) is 14.3. The molecule has 1 saturated carbocycles. The molecule has 1 aliphatic heterocycles. The average molecular weight is 324 g/mol. The number of esters is 1. The van der Waals surface area contributed by atoms with Crippen LogP contribution in [0.15, 0.2) is 24.3 Å². The Hall–Kier alpha value is -2.10. The van der Waals surface area contributed by atoms with Gasteiger partial charge in [-0.25, -0.2) is 9.78 Å². The summed E-state index contributed by atoms with van der Waals surface area (Å²) in [6, 6.07) is 8.14. The van der Waals surface area contributed by atoms with Gasteiger partial charge in [0.15, 0.2) is 0 Å². The van der Waals surface area contributed by atoms with E-state index < -0.39 is 0 Å². The molecule has 4 heteroatoms. The number of piperidine rings is 1. The van der Waals surface area contributed by atoms with E-state index >= 15 is 0 Å². The zero-order chi connectivity index (χ0) is 16.5. The van der Waals surface area contributed by atoms with Crippen LogP contribution in [0.4, 0.5) is 5.82 Å². The molecule has 0 N–H and O–H groups in total. The smallest absolute Gasteiger partial charge is 0.338 e. The van der Waals surface area contributed by atoms with E-state index in [-0.39, 0.29) is 5.97 Å². The quantitative estimate of drug-likeness (QED) is 0.787. The number of nitrogens with zero attached hydrogens (tertiary/aromatic N) is 2. The molecule has 0 bridgehead atoms. The van der Waals surface area contributed by atoms with Crippen LogP contribution in [-0.2, 0) is 4.74 Å². The van der Waals surface area contributed by atoms with Crippen molar-refractivity contribution in [2.24, 2.45) is 0 Å². The van der Waals surface area contributed by atoms with Gasteiger partial charge in [0.25, 0.3) is 0 Å². The number of anilines is 1. The summed E-state index contributed by atoms with van der Waals surface area (Å²) in [4.78, 5) is 19.5. The highest BCUT2D eigenvalue weighted by Gasteiger charge is 2.28. The Morgan fingerprint density at radius 1 is 1.21 bits per heavy atom. The highest BCUT2D eigenvalue weighted by molar-refractivity contribution is 5.96. The number of fused-ring (bicyclic) bond motifs is 1. The summed E-state index contributed by atoms with van der Waals surface area (Å²) in [5.74, 6) is 1.39. The lowest BCUT2D eigenvalue weighted by Crippen LogP contribution is -2.30. The number of ether oxygens (including phenoxy) is 1. The van der Waals surface area contributed by atoms with E-state index in [0.29, 0.717) is 18.1 Å². The number of aromatic nitrogens is 1. The van der Waals surface area contributed by atoms with Crippen LogP contribution in [0, 0.1) is 0 Å². The van der Waals surface area contributed by atoms with Crippen molar-refractivity contribution in [1.82, 2.24) is 4.98 Å². The summed E-state index contributed by atoms with van der Waals surface area (Å²) in [5.41, 5.74) is 2.93. The molecule has 0 atom stereocenters. The Morgan fingerprint density at radius 2 is 2.00 bits per heavy atom. The molecule has 2 fully saturated rings. The second-order valence-corrected chi connectivity index (χ2v) is 6.85. The van der Waals surface area contributed by atoms with Crippen LogP contribution >= 0.6 is 0 Å². The average Bonchev–Trinajstić information content (AvgIpc) is 3.46. The lowest BCUT2D eigenvalue weighted by molar-refractivity contribution is 0.0526. The molecule has 1 aliphatic carbocycles. The van der Waals surface area contributed by atoms with Crippen molar-refractivity contribution in [2.45, 2.75) is 44.9 Å². The van der Waals surface area contributed by atoms with Gasteiger partial charge in [0.05, 0.1) is 17.7 Å². The fourth-order valence-electron chi connectivity index (χ4n) is 3.59. The number of hydrogen-bond acceptors (Lipinski definition) is 4. The van der Waals surface area contributed by atoms with Crippen LogP contribution in [0.25, 0.3) is 10.9 Å². The molecule has 1 saturated heterocycles. The number of carbonyl (C=O) groups is 1. The molecule has 126 valence electrons. The molecule has 1 aromatic heterocycles. The van der Waals surface area contributed by atoms with Crippen LogP contribution in [0.2, 0.25) is 0 Å². The Labute approximate surface area is 142 Å². The Morgan fingerprint density at radius 3 is 2.71 bits per heavy atom. The lowest BCUT2D eigenvalue weighted by atomic mass is 10.0. The third-order valence-corrected chi connectivity index (χ3v) is 5.02. The monoisotopic (exact) mass is 324 g/mol. The van der Waals surface area contributed by atoms with Crippen LogP contribution in [0.3, 0.4) is 0 Å². The van der Waals surface area contributed by atoms with Crippen molar-refractivity contribution in [1.29, 1.82) is 0 Å². The molecule has 4 rings (SSSR count). The third kappa shape index (κ3) is 2.97. The van der Waals surface area contributed by atoms with E-state index in [0.717, 1.165) is 29.8 Å². The minimum Gasteiger partial charge on any atom is -0.462 e. The molecule has 0 unspecified atom stereocenters. The van der Waals surface area contributed by atoms with Crippen molar-refractivity contribution in [3.8, 4) is 0 Å². The minimum absolute atomic E-state index is 0.235. The van der Waals surface area contributed by atoms with Gasteiger partial charge in [-0.2, -0.15) is 0 Å². The van der Waals surface area contributed by atoms with Gasteiger partial charge < -0.3 is 9.64 Å². The summed E-state index contributed by atoms with van der Waals surface area (Å²) in [6.07, 6.45) is 6.20. The topological polar surface area (TPSA) is 42.4 Å². The molecule has 0 amide bonds. The van der Waals surface area contributed by atoms with Crippen molar-refractivity contribution < 1.29 is 9.53 Å². The van der Waals surface area contributed by atoms with Crippen LogP contribution < -0.4 is 4.90 Å². The maximum absolute atomic E-state index is 12.1. The van der Waals surface area contributed by atoms with E-state index in [2.05, 4.69) is 17.0 Å². The molecular weight excluding hydrogens is 300 g/mol. The number of rotatable bonds is 4. The first-order chi connectivity index (χ1) is 11.8. The van der Waals surface area contributed by atoms with Crippen molar-refractivity contribution >= 4 is 22.7 Å². The summed E-state index contributed by atoms with van der Waals surface area (Å²) >= 11 is 0. The van der Waals surface area contributed by atoms with Gasteiger partial charge in [-0.1, -0.05) is 0 Å². The predicted octanol–water partition coefficient (Wildman–Crippen LogP) is 4.28. The first-order valence-electron chi connectivity index (χ1n) is 9.13. The van der Waals surface area contributed by atoms with Gasteiger partial charge in [-0.05, 0) is 74.8 Å². The molecule has 0 radical (unpaired) electrons.